The van der Waals surface area contributed by atoms with E-state index in [-0.39, 0.29) is 31.1 Å². The molecule has 0 saturated carbocycles. The average Bonchev–Trinajstić information content (AvgIpc) is 2.58. The van der Waals surface area contributed by atoms with Crippen molar-refractivity contribution >= 4 is 17.7 Å². The number of fused-ring (bicyclic) bond motifs is 1. The fourth-order valence-electron chi connectivity index (χ4n) is 2.29. The maximum Gasteiger partial charge on any atom is 0.270 e. The van der Waals surface area contributed by atoms with Crippen LogP contribution in [0.5, 0.6) is 5.75 Å². The molecule has 0 bridgehead atoms. The Morgan fingerprint density at radius 2 is 2.28 bits per heavy atom. The molecular formula is C17H22N2O6. The fourth-order valence-corrected chi connectivity index (χ4v) is 2.29. The van der Waals surface area contributed by atoms with Crippen molar-refractivity contribution in [3.05, 3.63) is 39.4 Å². The van der Waals surface area contributed by atoms with Gasteiger partial charge in [-0.25, -0.2) is 0 Å². The maximum absolute atomic E-state index is 11.9. The van der Waals surface area contributed by atoms with Crippen molar-refractivity contribution in [1.82, 2.24) is 5.32 Å². The van der Waals surface area contributed by atoms with Gasteiger partial charge in [-0.3, -0.25) is 14.9 Å². The number of nitro groups is 1. The van der Waals surface area contributed by atoms with E-state index >= 15 is 0 Å². The number of amides is 1. The molecule has 0 radical (unpaired) electrons. The monoisotopic (exact) mass is 350 g/mol. The molecule has 1 aromatic rings. The van der Waals surface area contributed by atoms with Crippen LogP contribution in [0.4, 0.5) is 5.69 Å². The van der Waals surface area contributed by atoms with Gasteiger partial charge in [0.2, 0.25) is 5.91 Å². The molecule has 136 valence electrons. The second-order valence-corrected chi connectivity index (χ2v) is 5.79. The summed E-state index contributed by atoms with van der Waals surface area (Å²) in [5.41, 5.74) is 0.996. The molecule has 0 spiro atoms. The first-order valence-electron chi connectivity index (χ1n) is 8.06. The number of nitro benzene ring substituents is 1. The number of carbonyl (C=O) groups excluding carboxylic acids is 1. The van der Waals surface area contributed by atoms with Gasteiger partial charge in [0, 0.05) is 42.5 Å². The molecule has 1 N–H and O–H groups in total. The summed E-state index contributed by atoms with van der Waals surface area (Å²) in [5, 5.41) is 13.8. The number of nitrogens with one attached hydrogen (secondary N) is 1. The fraction of sp³-hybridized carbons (Fsp3) is 0.471. The highest BCUT2D eigenvalue weighted by molar-refractivity contribution is 5.92. The minimum atomic E-state index is -0.485. The summed E-state index contributed by atoms with van der Waals surface area (Å²) in [6.07, 6.45) is 3.72. The van der Waals surface area contributed by atoms with E-state index in [1.807, 2.05) is 13.8 Å². The van der Waals surface area contributed by atoms with Gasteiger partial charge >= 0.3 is 0 Å². The third kappa shape index (κ3) is 5.84. The Morgan fingerprint density at radius 3 is 3.00 bits per heavy atom. The average molecular weight is 350 g/mol. The first-order valence-corrected chi connectivity index (χ1v) is 8.06. The predicted molar refractivity (Wildman–Crippen MR) is 91.1 cm³/mol. The Kier molecular flexibility index (Phi) is 6.91. The third-order valence-electron chi connectivity index (χ3n) is 3.42. The molecule has 0 fully saturated rings. The smallest absolute Gasteiger partial charge is 0.270 e. The third-order valence-corrected chi connectivity index (χ3v) is 3.42. The highest BCUT2D eigenvalue weighted by atomic mass is 16.7. The summed E-state index contributed by atoms with van der Waals surface area (Å²) in [4.78, 5) is 22.4. The molecule has 1 amide bonds. The van der Waals surface area contributed by atoms with Crippen LogP contribution in [0.1, 0.15) is 31.4 Å². The molecule has 0 atom stereocenters. The van der Waals surface area contributed by atoms with Crippen molar-refractivity contribution in [2.45, 2.75) is 33.0 Å². The number of nitrogens with zero attached hydrogens (tertiary/aromatic N) is 1. The number of carbonyl (C=O) groups is 1. The largest absolute Gasteiger partial charge is 0.467 e. The van der Waals surface area contributed by atoms with E-state index in [2.05, 4.69) is 5.32 Å². The second kappa shape index (κ2) is 9.14. The zero-order chi connectivity index (χ0) is 18.2. The summed E-state index contributed by atoms with van der Waals surface area (Å²) in [5.74, 6) is 0.225. The Hall–Kier alpha value is -2.45. The van der Waals surface area contributed by atoms with Gasteiger partial charge in [0.25, 0.3) is 5.69 Å². The van der Waals surface area contributed by atoms with E-state index in [4.69, 9.17) is 14.2 Å². The van der Waals surface area contributed by atoms with Crippen LogP contribution in [0.25, 0.3) is 6.08 Å². The van der Waals surface area contributed by atoms with Gasteiger partial charge in [-0.2, -0.15) is 0 Å². The SMILES string of the molecule is CC(C)OCCCNC(=O)/C=C/c1cc([N+](=O)[O-])cc2c1OCOC2. The summed E-state index contributed by atoms with van der Waals surface area (Å²) >= 11 is 0. The molecule has 0 saturated heterocycles. The molecule has 1 aliphatic rings. The summed E-state index contributed by atoms with van der Waals surface area (Å²) in [6.45, 7) is 5.29. The van der Waals surface area contributed by atoms with Crippen molar-refractivity contribution in [2.75, 3.05) is 19.9 Å². The van der Waals surface area contributed by atoms with Gasteiger partial charge in [-0.15, -0.1) is 0 Å². The van der Waals surface area contributed by atoms with Crippen LogP contribution >= 0.6 is 0 Å². The minimum Gasteiger partial charge on any atom is -0.467 e. The molecule has 2 rings (SSSR count). The van der Waals surface area contributed by atoms with Gasteiger partial charge in [0.1, 0.15) is 5.75 Å². The van der Waals surface area contributed by atoms with Gasteiger partial charge in [0.05, 0.1) is 17.6 Å². The molecule has 0 aliphatic carbocycles. The lowest BCUT2D eigenvalue weighted by molar-refractivity contribution is -0.385. The maximum atomic E-state index is 11.9. The van der Waals surface area contributed by atoms with Crippen LogP contribution in [-0.2, 0) is 20.9 Å². The van der Waals surface area contributed by atoms with E-state index < -0.39 is 4.92 Å². The summed E-state index contributed by atoms with van der Waals surface area (Å²) in [6, 6.07) is 2.80. The van der Waals surface area contributed by atoms with E-state index in [1.165, 1.54) is 24.3 Å². The van der Waals surface area contributed by atoms with E-state index in [1.54, 1.807) is 0 Å². The minimum absolute atomic E-state index is 0.0706. The van der Waals surface area contributed by atoms with Crippen LogP contribution in [0.15, 0.2) is 18.2 Å². The molecule has 1 heterocycles. The number of non-ortho nitro benzene ring substituents is 1. The Bertz CT molecular complexity index is 657. The number of hydrogen-bond acceptors (Lipinski definition) is 6. The zero-order valence-electron chi connectivity index (χ0n) is 14.3. The lowest BCUT2D eigenvalue weighted by Crippen LogP contribution is -2.23. The Labute approximate surface area is 145 Å². The van der Waals surface area contributed by atoms with Crippen LogP contribution in [0, 0.1) is 10.1 Å². The highest BCUT2D eigenvalue weighted by Crippen LogP contribution is 2.33. The zero-order valence-corrected chi connectivity index (χ0v) is 14.3. The molecule has 0 aromatic heterocycles. The van der Waals surface area contributed by atoms with Crippen molar-refractivity contribution in [2.24, 2.45) is 0 Å². The molecular weight excluding hydrogens is 328 g/mol. The summed E-state index contributed by atoms with van der Waals surface area (Å²) < 4.78 is 15.9. The molecule has 0 unspecified atom stereocenters. The van der Waals surface area contributed by atoms with Crippen molar-refractivity contribution in [3.8, 4) is 5.75 Å². The number of rotatable bonds is 8. The topological polar surface area (TPSA) is 99.9 Å². The van der Waals surface area contributed by atoms with Gasteiger partial charge in [-0.1, -0.05) is 0 Å². The summed E-state index contributed by atoms with van der Waals surface area (Å²) in [7, 11) is 0. The number of benzene rings is 1. The van der Waals surface area contributed by atoms with Crippen LogP contribution in [0.3, 0.4) is 0 Å². The lowest BCUT2D eigenvalue weighted by atomic mass is 10.1. The van der Waals surface area contributed by atoms with Gasteiger partial charge < -0.3 is 19.5 Å². The predicted octanol–water partition coefficient (Wildman–Crippen LogP) is 2.41. The van der Waals surface area contributed by atoms with Crippen molar-refractivity contribution in [3.63, 3.8) is 0 Å². The van der Waals surface area contributed by atoms with Crippen molar-refractivity contribution in [1.29, 1.82) is 0 Å². The van der Waals surface area contributed by atoms with E-state index in [0.717, 1.165) is 0 Å². The second-order valence-electron chi connectivity index (χ2n) is 5.79. The Balaban J connectivity index is 1.98. The van der Waals surface area contributed by atoms with Gasteiger partial charge in [0.15, 0.2) is 6.79 Å². The molecule has 8 heteroatoms. The molecule has 25 heavy (non-hydrogen) atoms. The first-order chi connectivity index (χ1) is 12.0. The van der Waals surface area contributed by atoms with E-state index in [9.17, 15) is 14.9 Å². The highest BCUT2D eigenvalue weighted by Gasteiger charge is 2.19. The Morgan fingerprint density at radius 1 is 1.48 bits per heavy atom. The standard InChI is InChI=1S/C17H22N2O6/c1-12(2)24-7-3-6-18-16(20)5-4-13-8-15(19(21)22)9-14-10-23-11-25-17(13)14/h4-5,8-9,12H,3,6-7,10-11H2,1-2H3,(H,18,20)/b5-4+. The van der Waals surface area contributed by atoms with Crippen LogP contribution in [-0.4, -0.2) is 36.9 Å². The lowest BCUT2D eigenvalue weighted by Gasteiger charge is -2.19. The molecule has 8 nitrogen and oxygen atoms in total. The quantitative estimate of drug-likeness (QED) is 0.334. The molecule has 1 aromatic carbocycles. The first kappa shape index (κ1) is 18.9. The number of ether oxygens (including phenoxy) is 3. The van der Waals surface area contributed by atoms with E-state index in [0.29, 0.717) is 36.4 Å². The molecule has 1 aliphatic heterocycles. The normalized spacial score (nSPS) is 13.6. The number of hydrogen-bond donors (Lipinski definition) is 1. The van der Waals surface area contributed by atoms with Gasteiger partial charge in [-0.05, 0) is 26.3 Å². The van der Waals surface area contributed by atoms with Crippen molar-refractivity contribution < 1.29 is 23.9 Å². The van der Waals surface area contributed by atoms with Crippen LogP contribution in [0.2, 0.25) is 0 Å². The van der Waals surface area contributed by atoms with Crippen LogP contribution < -0.4 is 10.1 Å².